The van der Waals surface area contributed by atoms with Crippen LogP contribution in [-0.4, -0.2) is 79.6 Å². The van der Waals surface area contributed by atoms with Crippen molar-refractivity contribution in [1.29, 1.82) is 0 Å². The Morgan fingerprint density at radius 3 is 2.61 bits per heavy atom. The van der Waals surface area contributed by atoms with Crippen molar-refractivity contribution < 1.29 is 23.9 Å². The number of esters is 2. The smallest absolute Gasteiger partial charge is 0.348 e. The Balaban J connectivity index is 1.68. The first-order valence-corrected chi connectivity index (χ1v) is 11.6. The molecule has 3 rings (SSSR count). The third-order valence-corrected chi connectivity index (χ3v) is 6.86. The summed E-state index contributed by atoms with van der Waals surface area (Å²) in [6.45, 7) is 11.5. The van der Waals surface area contributed by atoms with Crippen LogP contribution in [0.1, 0.15) is 51.8 Å². The molecule has 0 aliphatic carbocycles. The van der Waals surface area contributed by atoms with Gasteiger partial charge in [0.15, 0.2) is 0 Å². The summed E-state index contributed by atoms with van der Waals surface area (Å²) in [5.41, 5.74) is 0.658. The molecule has 1 amide bonds. The van der Waals surface area contributed by atoms with Crippen LogP contribution in [0.5, 0.6) is 0 Å². The van der Waals surface area contributed by atoms with Crippen LogP contribution in [0, 0.1) is 6.92 Å². The Morgan fingerprint density at radius 1 is 1.19 bits per heavy atom. The molecular weight excluding hydrogens is 418 g/mol. The van der Waals surface area contributed by atoms with Crippen LogP contribution in [0.3, 0.4) is 0 Å². The van der Waals surface area contributed by atoms with Crippen LogP contribution in [-0.2, 0) is 14.3 Å². The van der Waals surface area contributed by atoms with Gasteiger partial charge in [-0.1, -0.05) is 12.7 Å². The molecule has 0 spiro atoms. The monoisotopic (exact) mass is 449 g/mol. The van der Waals surface area contributed by atoms with Crippen molar-refractivity contribution in [1.82, 2.24) is 9.80 Å². The van der Waals surface area contributed by atoms with E-state index < -0.39 is 11.9 Å². The Kier molecular flexibility index (Phi) is 8.22. The van der Waals surface area contributed by atoms with E-state index in [4.69, 9.17) is 9.47 Å². The van der Waals surface area contributed by atoms with E-state index in [0.29, 0.717) is 16.6 Å². The molecule has 2 fully saturated rings. The molecule has 2 saturated heterocycles. The summed E-state index contributed by atoms with van der Waals surface area (Å²) in [5, 5.41) is 3.15. The van der Waals surface area contributed by atoms with Crippen molar-refractivity contribution >= 4 is 34.2 Å². The first-order valence-electron chi connectivity index (χ1n) is 10.8. The fourth-order valence-electron chi connectivity index (χ4n) is 4.18. The highest BCUT2D eigenvalue weighted by Gasteiger charge is 2.31. The molecule has 8 nitrogen and oxygen atoms in total. The van der Waals surface area contributed by atoms with Crippen LogP contribution < -0.4 is 5.32 Å². The molecule has 0 saturated carbocycles. The Bertz CT molecular complexity index is 831. The second-order valence-corrected chi connectivity index (χ2v) is 8.86. The molecule has 2 aliphatic rings. The molecule has 170 valence electrons. The van der Waals surface area contributed by atoms with Crippen LogP contribution in [0.25, 0.3) is 0 Å². The zero-order chi connectivity index (χ0) is 22.4. The highest BCUT2D eigenvalue weighted by atomic mass is 32.1. The lowest BCUT2D eigenvalue weighted by atomic mass is 10.1. The standard InChI is InChI=1S/C22H31N3O5S/c1-4-12-30-22(28)19-15(3)18(21(27)29-5-2)20(31-19)23-17(26)14-24-11-8-16(13-24)25-9-6-7-10-25/h4,16H,1,5-14H2,2-3H3,(H,23,26). The molecular formula is C22H31N3O5S. The number of amides is 1. The second kappa shape index (κ2) is 10.9. The average molecular weight is 450 g/mol. The van der Waals surface area contributed by atoms with E-state index in [1.54, 1.807) is 13.8 Å². The van der Waals surface area contributed by atoms with Crippen LogP contribution in [0.4, 0.5) is 5.00 Å². The lowest BCUT2D eigenvalue weighted by Crippen LogP contribution is -2.37. The van der Waals surface area contributed by atoms with Crippen LogP contribution in [0.2, 0.25) is 0 Å². The maximum absolute atomic E-state index is 12.8. The van der Waals surface area contributed by atoms with E-state index in [-0.39, 0.29) is 36.1 Å². The van der Waals surface area contributed by atoms with E-state index in [1.165, 1.54) is 18.9 Å². The number of hydrogen-bond donors (Lipinski definition) is 1. The number of hydrogen-bond acceptors (Lipinski definition) is 8. The van der Waals surface area contributed by atoms with Gasteiger partial charge < -0.3 is 14.8 Å². The predicted molar refractivity (Wildman–Crippen MR) is 120 cm³/mol. The van der Waals surface area contributed by atoms with Crippen molar-refractivity contribution in [2.24, 2.45) is 0 Å². The third-order valence-electron chi connectivity index (χ3n) is 5.67. The van der Waals surface area contributed by atoms with Gasteiger partial charge in [-0.15, -0.1) is 11.3 Å². The fraction of sp³-hybridized carbons (Fsp3) is 0.591. The fourth-order valence-corrected chi connectivity index (χ4v) is 5.28. The molecule has 0 aromatic carbocycles. The largest absolute Gasteiger partial charge is 0.462 e. The van der Waals surface area contributed by atoms with Gasteiger partial charge in [-0.25, -0.2) is 9.59 Å². The molecule has 1 atom stereocenters. The topological polar surface area (TPSA) is 88.2 Å². The number of thiophene rings is 1. The number of nitrogens with zero attached hydrogens (tertiary/aromatic N) is 2. The first kappa shape index (κ1) is 23.4. The normalized spacial score (nSPS) is 19.4. The van der Waals surface area contributed by atoms with E-state index in [9.17, 15) is 14.4 Å². The van der Waals surface area contributed by atoms with Gasteiger partial charge in [-0.05, 0) is 51.8 Å². The number of carbonyl (C=O) groups is 3. The molecule has 1 N–H and O–H groups in total. The zero-order valence-electron chi connectivity index (χ0n) is 18.3. The summed E-state index contributed by atoms with van der Waals surface area (Å²) in [6, 6.07) is 0.514. The lowest BCUT2D eigenvalue weighted by Gasteiger charge is -2.23. The minimum absolute atomic E-state index is 0.0692. The van der Waals surface area contributed by atoms with Crippen molar-refractivity contribution in [2.45, 2.75) is 39.2 Å². The van der Waals surface area contributed by atoms with E-state index in [2.05, 4.69) is 21.7 Å². The molecule has 1 aromatic heterocycles. The predicted octanol–water partition coefficient (Wildman–Crippen LogP) is 2.68. The van der Waals surface area contributed by atoms with Gasteiger partial charge in [-0.3, -0.25) is 14.6 Å². The number of anilines is 1. The van der Waals surface area contributed by atoms with Gasteiger partial charge in [0.2, 0.25) is 5.91 Å². The number of likely N-dealkylation sites (tertiary alicyclic amines) is 2. The molecule has 2 aliphatic heterocycles. The summed E-state index contributed by atoms with van der Waals surface area (Å²) in [6.07, 6.45) is 5.05. The third kappa shape index (κ3) is 5.72. The quantitative estimate of drug-likeness (QED) is 0.458. The number of ether oxygens (including phenoxy) is 2. The summed E-state index contributed by atoms with van der Waals surface area (Å²) < 4.78 is 10.3. The molecule has 31 heavy (non-hydrogen) atoms. The van der Waals surface area contributed by atoms with Crippen LogP contribution in [0.15, 0.2) is 12.7 Å². The number of rotatable bonds is 9. The molecule has 0 radical (unpaired) electrons. The van der Waals surface area contributed by atoms with Crippen molar-refractivity contribution in [3.8, 4) is 0 Å². The van der Waals surface area contributed by atoms with Crippen molar-refractivity contribution in [3.05, 3.63) is 28.7 Å². The summed E-state index contributed by atoms with van der Waals surface area (Å²) in [7, 11) is 0. The van der Waals surface area contributed by atoms with Gasteiger partial charge in [0.25, 0.3) is 0 Å². The highest BCUT2D eigenvalue weighted by Crippen LogP contribution is 2.34. The zero-order valence-corrected chi connectivity index (χ0v) is 19.1. The Morgan fingerprint density at radius 2 is 1.94 bits per heavy atom. The Hall–Kier alpha value is -2.23. The lowest BCUT2D eigenvalue weighted by molar-refractivity contribution is -0.117. The first-order chi connectivity index (χ1) is 14.9. The second-order valence-electron chi connectivity index (χ2n) is 7.84. The summed E-state index contributed by atoms with van der Waals surface area (Å²) >= 11 is 1.04. The molecule has 1 unspecified atom stereocenters. The van der Waals surface area contributed by atoms with Gasteiger partial charge in [0.05, 0.1) is 18.7 Å². The van der Waals surface area contributed by atoms with E-state index in [1.807, 2.05) is 0 Å². The van der Waals surface area contributed by atoms with E-state index in [0.717, 1.165) is 43.9 Å². The highest BCUT2D eigenvalue weighted by molar-refractivity contribution is 7.18. The summed E-state index contributed by atoms with van der Waals surface area (Å²) in [4.78, 5) is 42.5. The van der Waals surface area contributed by atoms with Gasteiger partial charge in [0.1, 0.15) is 16.5 Å². The van der Waals surface area contributed by atoms with Gasteiger partial charge in [-0.2, -0.15) is 0 Å². The van der Waals surface area contributed by atoms with Crippen molar-refractivity contribution in [2.75, 3.05) is 51.3 Å². The van der Waals surface area contributed by atoms with E-state index >= 15 is 0 Å². The maximum Gasteiger partial charge on any atom is 0.348 e. The van der Waals surface area contributed by atoms with Gasteiger partial charge >= 0.3 is 11.9 Å². The summed E-state index contributed by atoms with van der Waals surface area (Å²) in [5.74, 6) is -1.33. The Labute approximate surface area is 187 Å². The molecule has 0 bridgehead atoms. The SMILES string of the molecule is C=CCOC(=O)c1sc(NC(=O)CN2CCC(N3CCCC3)C2)c(C(=O)OCC)c1C. The minimum atomic E-state index is -0.565. The molecule has 1 aromatic rings. The maximum atomic E-state index is 12.8. The molecule has 9 heteroatoms. The van der Waals surface area contributed by atoms with Gasteiger partial charge in [0, 0.05) is 19.1 Å². The number of carbonyl (C=O) groups excluding carboxylic acids is 3. The average Bonchev–Trinajstić information content (AvgIpc) is 3.47. The number of nitrogens with one attached hydrogen (secondary N) is 1. The molecule has 3 heterocycles. The van der Waals surface area contributed by atoms with Crippen molar-refractivity contribution in [3.63, 3.8) is 0 Å². The van der Waals surface area contributed by atoms with Crippen LogP contribution >= 0.6 is 11.3 Å². The minimum Gasteiger partial charge on any atom is -0.462 e.